The summed E-state index contributed by atoms with van der Waals surface area (Å²) in [6, 6.07) is -0.546. The van der Waals surface area contributed by atoms with Gasteiger partial charge in [-0.1, -0.05) is 302 Å². The minimum absolute atomic E-state index is 0.00208. The zero-order valence-corrected chi connectivity index (χ0v) is 46.8. The summed E-state index contributed by atoms with van der Waals surface area (Å²) in [6.07, 6.45) is 70.7. The summed E-state index contributed by atoms with van der Waals surface area (Å²) in [6.45, 7) is 4.96. The van der Waals surface area contributed by atoms with Crippen LogP contribution in [0.15, 0.2) is 12.2 Å². The number of ether oxygens (including phenoxy) is 1. The minimum Gasteiger partial charge on any atom is -0.466 e. The molecule has 0 bridgehead atoms. The number of carbonyl (C=O) groups is 2. The highest BCUT2D eigenvalue weighted by atomic mass is 16.5. The molecule has 0 aliphatic heterocycles. The number of nitrogens with one attached hydrogen (secondary N) is 1. The quantitative estimate of drug-likeness (QED) is 0.0321. The van der Waals surface area contributed by atoms with Gasteiger partial charge < -0.3 is 20.3 Å². The Kier molecular flexibility index (Phi) is 58.0. The van der Waals surface area contributed by atoms with Gasteiger partial charge in [0.15, 0.2) is 0 Å². The van der Waals surface area contributed by atoms with Crippen molar-refractivity contribution in [2.75, 3.05) is 13.2 Å². The number of unbranched alkanes of at least 4 members (excludes halogenated alkanes) is 46. The summed E-state index contributed by atoms with van der Waals surface area (Å²) in [4.78, 5) is 24.6. The number of rotatable bonds is 59. The van der Waals surface area contributed by atoms with Gasteiger partial charge in [0.25, 0.3) is 0 Å². The van der Waals surface area contributed by atoms with Crippen LogP contribution in [0.4, 0.5) is 0 Å². The molecule has 69 heavy (non-hydrogen) atoms. The number of aliphatic hydroxyl groups excluding tert-OH is 2. The average molecular weight is 975 g/mol. The number of esters is 1. The molecular formula is C63H123NO5. The second-order valence-corrected chi connectivity index (χ2v) is 21.7. The SMILES string of the molecule is CCCCCCC/C=C\CCCCCCCC(=O)OCCCCCCCCCCCCCCCCCCCC(=O)NC(CO)C(O)CCCCCCCCCCCCCCCCCCCCCCC. The van der Waals surface area contributed by atoms with E-state index in [2.05, 4.69) is 31.3 Å². The van der Waals surface area contributed by atoms with E-state index in [9.17, 15) is 19.8 Å². The normalized spacial score (nSPS) is 12.6. The van der Waals surface area contributed by atoms with Crippen molar-refractivity contribution in [3.63, 3.8) is 0 Å². The maximum Gasteiger partial charge on any atom is 0.305 e. The average Bonchev–Trinajstić information content (AvgIpc) is 3.35. The zero-order valence-electron chi connectivity index (χ0n) is 46.8. The van der Waals surface area contributed by atoms with Gasteiger partial charge in [0.2, 0.25) is 5.91 Å². The molecule has 0 heterocycles. The monoisotopic (exact) mass is 974 g/mol. The van der Waals surface area contributed by atoms with Gasteiger partial charge in [-0.15, -0.1) is 0 Å². The van der Waals surface area contributed by atoms with Crippen molar-refractivity contribution in [2.24, 2.45) is 0 Å². The van der Waals surface area contributed by atoms with Crippen molar-refractivity contribution in [3.05, 3.63) is 12.2 Å². The third kappa shape index (κ3) is 55.8. The van der Waals surface area contributed by atoms with E-state index < -0.39 is 12.1 Å². The van der Waals surface area contributed by atoms with Crippen LogP contribution in [-0.4, -0.2) is 47.4 Å². The topological polar surface area (TPSA) is 95.9 Å². The molecule has 0 radical (unpaired) electrons. The van der Waals surface area contributed by atoms with Crippen LogP contribution >= 0.6 is 0 Å². The van der Waals surface area contributed by atoms with Crippen LogP contribution < -0.4 is 5.32 Å². The first-order chi connectivity index (χ1) is 34.0. The summed E-state index contributed by atoms with van der Waals surface area (Å²) in [5.74, 6) is -0.0385. The predicted octanol–water partition coefficient (Wildman–Crippen LogP) is 19.6. The van der Waals surface area contributed by atoms with Crippen LogP contribution in [0.25, 0.3) is 0 Å². The van der Waals surface area contributed by atoms with Gasteiger partial charge in [-0.25, -0.2) is 0 Å². The van der Waals surface area contributed by atoms with E-state index in [0.717, 1.165) is 44.9 Å². The molecule has 6 heteroatoms. The number of amides is 1. The van der Waals surface area contributed by atoms with E-state index in [1.807, 2.05) is 0 Å². The first-order valence-electron chi connectivity index (χ1n) is 31.4. The Morgan fingerprint density at radius 3 is 1.03 bits per heavy atom. The number of hydrogen-bond donors (Lipinski definition) is 3. The molecule has 6 nitrogen and oxygen atoms in total. The van der Waals surface area contributed by atoms with Gasteiger partial charge in [-0.3, -0.25) is 9.59 Å². The number of allylic oxidation sites excluding steroid dienone is 2. The van der Waals surface area contributed by atoms with E-state index in [-0.39, 0.29) is 18.5 Å². The molecule has 0 aromatic rings. The maximum atomic E-state index is 12.5. The van der Waals surface area contributed by atoms with Gasteiger partial charge in [0, 0.05) is 12.8 Å². The molecule has 0 saturated heterocycles. The Bertz CT molecular complexity index is 1030. The van der Waals surface area contributed by atoms with Crippen molar-refractivity contribution in [2.45, 2.75) is 366 Å². The lowest BCUT2D eigenvalue weighted by atomic mass is 10.0. The predicted molar refractivity (Wildman–Crippen MR) is 301 cm³/mol. The first-order valence-corrected chi connectivity index (χ1v) is 31.4. The fraction of sp³-hybridized carbons (Fsp3) is 0.937. The number of hydrogen-bond acceptors (Lipinski definition) is 5. The Balaban J connectivity index is 3.41. The van der Waals surface area contributed by atoms with E-state index in [1.165, 1.54) is 276 Å². The van der Waals surface area contributed by atoms with Gasteiger partial charge >= 0.3 is 5.97 Å². The molecule has 0 aliphatic carbocycles. The molecule has 0 rings (SSSR count). The summed E-state index contributed by atoms with van der Waals surface area (Å²) in [7, 11) is 0. The number of aliphatic hydroxyl groups is 2. The second-order valence-electron chi connectivity index (χ2n) is 21.7. The highest BCUT2D eigenvalue weighted by Gasteiger charge is 2.20. The van der Waals surface area contributed by atoms with Crippen molar-refractivity contribution >= 4 is 11.9 Å². The lowest BCUT2D eigenvalue weighted by Gasteiger charge is -2.22. The molecule has 0 saturated carbocycles. The second kappa shape index (κ2) is 59.2. The van der Waals surface area contributed by atoms with Crippen molar-refractivity contribution < 1.29 is 24.5 Å². The molecule has 1 amide bonds. The zero-order chi connectivity index (χ0) is 50.0. The van der Waals surface area contributed by atoms with Gasteiger partial charge in [0.1, 0.15) is 0 Å². The van der Waals surface area contributed by atoms with E-state index in [4.69, 9.17) is 4.74 Å². The van der Waals surface area contributed by atoms with Crippen LogP contribution in [-0.2, 0) is 14.3 Å². The first kappa shape index (κ1) is 67.6. The highest BCUT2D eigenvalue weighted by molar-refractivity contribution is 5.76. The van der Waals surface area contributed by atoms with Crippen LogP contribution in [0.3, 0.4) is 0 Å². The molecule has 410 valence electrons. The fourth-order valence-electron chi connectivity index (χ4n) is 9.99. The molecule has 0 aromatic heterocycles. The summed E-state index contributed by atoms with van der Waals surface area (Å²) in [5.41, 5.74) is 0. The number of carbonyl (C=O) groups excluding carboxylic acids is 2. The van der Waals surface area contributed by atoms with E-state index in [1.54, 1.807) is 0 Å². The summed E-state index contributed by atoms with van der Waals surface area (Å²) < 4.78 is 5.47. The van der Waals surface area contributed by atoms with Crippen molar-refractivity contribution in [1.29, 1.82) is 0 Å². The van der Waals surface area contributed by atoms with Crippen molar-refractivity contribution in [1.82, 2.24) is 5.32 Å². The molecule has 2 atom stereocenters. The summed E-state index contributed by atoms with van der Waals surface area (Å²) >= 11 is 0. The van der Waals surface area contributed by atoms with Crippen LogP contribution in [0.1, 0.15) is 354 Å². The Morgan fingerprint density at radius 2 is 0.681 bits per heavy atom. The van der Waals surface area contributed by atoms with E-state index >= 15 is 0 Å². The molecule has 0 spiro atoms. The molecule has 3 N–H and O–H groups in total. The molecule has 0 fully saturated rings. The standard InChI is InChI=1S/C63H123NO5/c1-3-5-7-9-11-13-15-17-19-20-21-22-23-25-28-31-35-39-43-47-51-55-61(66)60(59-65)64-62(67)56-52-48-44-40-36-32-29-26-24-27-30-34-38-42-46-50-54-58-69-63(68)57-53-49-45-41-37-33-18-16-14-12-10-8-6-4-2/h16,18,60-61,65-66H,3-15,17,19-59H2,1-2H3,(H,64,67)/b18-16-. The Hall–Kier alpha value is -1.40. The van der Waals surface area contributed by atoms with Gasteiger partial charge in [-0.05, 0) is 51.4 Å². The van der Waals surface area contributed by atoms with Crippen LogP contribution in [0.2, 0.25) is 0 Å². The van der Waals surface area contributed by atoms with E-state index in [0.29, 0.717) is 25.9 Å². The van der Waals surface area contributed by atoms with Crippen LogP contribution in [0.5, 0.6) is 0 Å². The minimum atomic E-state index is -0.668. The van der Waals surface area contributed by atoms with Gasteiger partial charge in [-0.2, -0.15) is 0 Å². The Labute approximate surface area is 431 Å². The molecule has 2 unspecified atom stereocenters. The maximum absolute atomic E-state index is 12.5. The van der Waals surface area contributed by atoms with Crippen molar-refractivity contribution in [3.8, 4) is 0 Å². The Morgan fingerprint density at radius 1 is 0.391 bits per heavy atom. The largest absolute Gasteiger partial charge is 0.466 e. The van der Waals surface area contributed by atoms with Crippen LogP contribution in [0, 0.1) is 0 Å². The fourth-order valence-corrected chi connectivity index (χ4v) is 9.99. The smallest absolute Gasteiger partial charge is 0.305 e. The lowest BCUT2D eigenvalue weighted by Crippen LogP contribution is -2.45. The lowest BCUT2D eigenvalue weighted by molar-refractivity contribution is -0.143. The highest BCUT2D eigenvalue weighted by Crippen LogP contribution is 2.18. The molecular weight excluding hydrogens is 851 g/mol. The third-order valence-electron chi connectivity index (χ3n) is 14.8. The third-order valence-corrected chi connectivity index (χ3v) is 14.8. The summed E-state index contributed by atoms with van der Waals surface area (Å²) in [5, 5.41) is 23.4. The molecule has 0 aliphatic rings. The molecule has 0 aromatic carbocycles. The van der Waals surface area contributed by atoms with Gasteiger partial charge in [0.05, 0.1) is 25.4 Å².